The average Bonchev–Trinajstić information content (AvgIpc) is 2.98. The first-order valence-electron chi connectivity index (χ1n) is 8.50. The first kappa shape index (κ1) is 17.2. The van der Waals surface area contributed by atoms with Crippen molar-refractivity contribution in [3.8, 4) is 16.9 Å². The highest BCUT2D eigenvalue weighted by Crippen LogP contribution is 2.39. The minimum atomic E-state index is -0.682. The molecule has 27 heavy (non-hydrogen) atoms. The number of nitrogens with two attached hydrogens (primary N) is 1. The van der Waals surface area contributed by atoms with E-state index in [0.717, 1.165) is 0 Å². The molecule has 0 fully saturated rings. The van der Waals surface area contributed by atoms with Gasteiger partial charge in [-0.1, -0.05) is 12.1 Å². The summed E-state index contributed by atoms with van der Waals surface area (Å²) in [6.45, 7) is 2.66. The van der Waals surface area contributed by atoms with Gasteiger partial charge in [-0.05, 0) is 25.1 Å². The lowest BCUT2D eigenvalue weighted by atomic mass is 9.98. The number of amides is 1. The standard InChI is InChI=1S/C20H17F2N3O2/c1-3-25-9-13-16(20(25)26)18(23)11-7-8-12(21)15(19(11)24-13)10-5-4-6-14(27-2)17(10)22/h4-8H,3,9H2,1-2H3,(H2,23,24). The van der Waals surface area contributed by atoms with Crippen molar-refractivity contribution in [1.82, 2.24) is 9.88 Å². The molecule has 2 heterocycles. The minimum Gasteiger partial charge on any atom is -0.494 e. The molecule has 0 saturated carbocycles. The zero-order valence-electron chi connectivity index (χ0n) is 14.8. The van der Waals surface area contributed by atoms with Crippen molar-refractivity contribution in [2.45, 2.75) is 13.5 Å². The topological polar surface area (TPSA) is 68.5 Å². The van der Waals surface area contributed by atoms with Gasteiger partial charge in [0.1, 0.15) is 5.82 Å². The summed E-state index contributed by atoms with van der Waals surface area (Å²) in [5.74, 6) is -1.50. The molecule has 0 saturated heterocycles. The Hall–Kier alpha value is -3.22. The van der Waals surface area contributed by atoms with Gasteiger partial charge in [0, 0.05) is 23.1 Å². The maximum absolute atomic E-state index is 14.8. The van der Waals surface area contributed by atoms with Crippen molar-refractivity contribution in [3.05, 3.63) is 53.2 Å². The van der Waals surface area contributed by atoms with E-state index in [1.165, 1.54) is 31.4 Å². The van der Waals surface area contributed by atoms with E-state index in [-0.39, 0.29) is 34.0 Å². The number of benzene rings is 2. The molecular formula is C20H17F2N3O2. The molecule has 3 aromatic rings. The van der Waals surface area contributed by atoms with Crippen LogP contribution in [0.4, 0.5) is 14.5 Å². The predicted molar refractivity (Wildman–Crippen MR) is 98.5 cm³/mol. The number of carbonyl (C=O) groups is 1. The molecule has 1 aliphatic heterocycles. The molecule has 4 rings (SSSR count). The molecule has 2 aromatic carbocycles. The molecule has 138 valence electrons. The second-order valence-electron chi connectivity index (χ2n) is 6.31. The molecule has 0 radical (unpaired) electrons. The summed E-state index contributed by atoms with van der Waals surface area (Å²) < 4.78 is 34.6. The third-order valence-electron chi connectivity index (χ3n) is 4.90. The maximum atomic E-state index is 14.8. The van der Waals surface area contributed by atoms with Crippen LogP contribution in [0.2, 0.25) is 0 Å². The lowest BCUT2D eigenvalue weighted by Crippen LogP contribution is -2.23. The Kier molecular flexibility index (Phi) is 3.95. The monoisotopic (exact) mass is 369 g/mol. The van der Waals surface area contributed by atoms with Crippen LogP contribution >= 0.6 is 0 Å². The molecule has 0 atom stereocenters. The van der Waals surface area contributed by atoms with Gasteiger partial charge in [-0.25, -0.2) is 13.8 Å². The number of pyridine rings is 1. The highest BCUT2D eigenvalue weighted by molar-refractivity contribution is 6.11. The fraction of sp³-hybridized carbons (Fsp3) is 0.200. The number of anilines is 1. The molecule has 1 aromatic heterocycles. The quantitative estimate of drug-likeness (QED) is 0.764. The number of nitrogen functional groups attached to an aromatic ring is 1. The van der Waals surface area contributed by atoms with E-state index in [1.807, 2.05) is 6.92 Å². The molecule has 0 aliphatic carbocycles. The number of hydrogen-bond acceptors (Lipinski definition) is 4. The maximum Gasteiger partial charge on any atom is 0.258 e. The van der Waals surface area contributed by atoms with Gasteiger partial charge >= 0.3 is 0 Å². The summed E-state index contributed by atoms with van der Waals surface area (Å²) in [6, 6.07) is 7.17. The average molecular weight is 369 g/mol. The van der Waals surface area contributed by atoms with Crippen LogP contribution in [-0.4, -0.2) is 29.4 Å². The van der Waals surface area contributed by atoms with Crippen molar-refractivity contribution in [2.24, 2.45) is 0 Å². The predicted octanol–water partition coefficient (Wildman–Crippen LogP) is 3.75. The Morgan fingerprint density at radius 3 is 2.70 bits per heavy atom. The smallest absolute Gasteiger partial charge is 0.258 e. The highest BCUT2D eigenvalue weighted by Gasteiger charge is 2.32. The molecule has 0 unspecified atom stereocenters. The fourth-order valence-electron chi connectivity index (χ4n) is 3.52. The van der Waals surface area contributed by atoms with Crippen LogP contribution in [0.25, 0.3) is 22.0 Å². The number of methoxy groups -OCH3 is 1. The molecule has 0 bridgehead atoms. The van der Waals surface area contributed by atoms with E-state index < -0.39 is 11.6 Å². The van der Waals surface area contributed by atoms with Gasteiger partial charge in [-0.3, -0.25) is 4.79 Å². The van der Waals surface area contributed by atoms with Gasteiger partial charge in [0.2, 0.25) is 0 Å². The van der Waals surface area contributed by atoms with E-state index >= 15 is 0 Å². The number of aromatic nitrogens is 1. The zero-order valence-corrected chi connectivity index (χ0v) is 14.8. The van der Waals surface area contributed by atoms with Crippen LogP contribution in [0, 0.1) is 11.6 Å². The summed E-state index contributed by atoms with van der Waals surface area (Å²) in [4.78, 5) is 18.6. The van der Waals surface area contributed by atoms with Crippen LogP contribution in [0.3, 0.4) is 0 Å². The third kappa shape index (κ3) is 2.42. The van der Waals surface area contributed by atoms with Crippen molar-refractivity contribution < 1.29 is 18.3 Å². The normalized spacial score (nSPS) is 13.3. The van der Waals surface area contributed by atoms with Crippen LogP contribution in [0.5, 0.6) is 5.75 Å². The number of carbonyl (C=O) groups excluding carboxylic acids is 1. The van der Waals surface area contributed by atoms with Gasteiger partial charge < -0.3 is 15.4 Å². The molecule has 5 nitrogen and oxygen atoms in total. The molecular weight excluding hydrogens is 352 g/mol. The summed E-state index contributed by atoms with van der Waals surface area (Å²) in [7, 11) is 1.34. The molecule has 0 spiro atoms. The Balaban J connectivity index is 2.06. The number of nitrogens with zero attached hydrogens (tertiary/aromatic N) is 2. The molecule has 1 aliphatic rings. The van der Waals surface area contributed by atoms with Crippen LogP contribution in [0.15, 0.2) is 30.3 Å². The van der Waals surface area contributed by atoms with Crippen LogP contribution in [-0.2, 0) is 6.54 Å². The Labute approximate surface area is 154 Å². The van der Waals surface area contributed by atoms with E-state index in [4.69, 9.17) is 10.5 Å². The number of halogens is 2. The van der Waals surface area contributed by atoms with E-state index in [1.54, 1.807) is 11.0 Å². The van der Waals surface area contributed by atoms with Crippen LogP contribution < -0.4 is 10.5 Å². The summed E-state index contributed by atoms with van der Waals surface area (Å²) in [5, 5.41) is 0.415. The fourth-order valence-corrected chi connectivity index (χ4v) is 3.52. The van der Waals surface area contributed by atoms with E-state index in [2.05, 4.69) is 4.98 Å². The van der Waals surface area contributed by atoms with Gasteiger partial charge in [-0.15, -0.1) is 0 Å². The largest absolute Gasteiger partial charge is 0.494 e. The number of hydrogen-bond donors (Lipinski definition) is 1. The summed E-state index contributed by atoms with van der Waals surface area (Å²) >= 11 is 0. The zero-order chi connectivity index (χ0) is 19.3. The van der Waals surface area contributed by atoms with Gasteiger partial charge in [0.05, 0.1) is 36.1 Å². The Morgan fingerprint density at radius 2 is 2.00 bits per heavy atom. The molecule has 2 N–H and O–H groups in total. The van der Waals surface area contributed by atoms with Gasteiger partial charge in [-0.2, -0.15) is 0 Å². The molecule has 1 amide bonds. The van der Waals surface area contributed by atoms with Crippen molar-refractivity contribution >= 4 is 22.5 Å². The van der Waals surface area contributed by atoms with Gasteiger partial charge in [0.25, 0.3) is 5.91 Å². The first-order valence-corrected chi connectivity index (χ1v) is 8.50. The Morgan fingerprint density at radius 1 is 1.22 bits per heavy atom. The van der Waals surface area contributed by atoms with Crippen molar-refractivity contribution in [3.63, 3.8) is 0 Å². The van der Waals surface area contributed by atoms with Crippen LogP contribution in [0.1, 0.15) is 23.0 Å². The second-order valence-corrected chi connectivity index (χ2v) is 6.31. The highest BCUT2D eigenvalue weighted by atomic mass is 19.1. The number of fused-ring (bicyclic) bond motifs is 2. The minimum absolute atomic E-state index is 0.000738. The number of rotatable bonds is 3. The number of ether oxygens (including phenoxy) is 1. The van der Waals surface area contributed by atoms with E-state index in [9.17, 15) is 13.6 Å². The van der Waals surface area contributed by atoms with E-state index in [0.29, 0.717) is 29.7 Å². The second kappa shape index (κ2) is 6.19. The van der Waals surface area contributed by atoms with Crippen molar-refractivity contribution in [1.29, 1.82) is 0 Å². The third-order valence-corrected chi connectivity index (χ3v) is 4.90. The first-order chi connectivity index (χ1) is 13.0. The molecule has 7 heteroatoms. The lowest BCUT2D eigenvalue weighted by Gasteiger charge is -2.13. The Bertz CT molecular complexity index is 1100. The van der Waals surface area contributed by atoms with Crippen molar-refractivity contribution in [2.75, 3.05) is 19.4 Å². The summed E-state index contributed by atoms with van der Waals surface area (Å²) in [5.41, 5.74) is 7.55. The SMILES string of the molecule is CCN1Cc2nc3c(-c4cccc(OC)c4F)c(F)ccc3c(N)c2C1=O. The summed E-state index contributed by atoms with van der Waals surface area (Å²) in [6.07, 6.45) is 0. The lowest BCUT2D eigenvalue weighted by molar-refractivity contribution is 0.0787. The van der Waals surface area contributed by atoms with Gasteiger partial charge in [0.15, 0.2) is 11.6 Å².